The van der Waals surface area contributed by atoms with Crippen molar-refractivity contribution in [2.75, 3.05) is 11.5 Å². The zero-order chi connectivity index (χ0) is 9.97. The molecule has 14 heavy (non-hydrogen) atoms. The van der Waals surface area contributed by atoms with E-state index in [0.717, 1.165) is 5.92 Å². The SMILES string of the molecule is Cc1ccccc1CC1CSCC1Br. The van der Waals surface area contributed by atoms with Gasteiger partial charge in [0.2, 0.25) is 0 Å². The standard InChI is InChI=1S/C12H15BrS/c1-9-4-2-3-5-10(9)6-11-7-14-8-12(11)13/h2-5,11-12H,6-8H2,1H3. The Kier molecular flexibility index (Phi) is 3.56. The van der Waals surface area contributed by atoms with Gasteiger partial charge in [-0.25, -0.2) is 0 Å². The number of alkyl halides is 1. The average Bonchev–Trinajstić information content (AvgIpc) is 2.56. The van der Waals surface area contributed by atoms with Crippen LogP contribution in [0, 0.1) is 12.8 Å². The zero-order valence-electron chi connectivity index (χ0n) is 8.37. The van der Waals surface area contributed by atoms with Gasteiger partial charge in [0.25, 0.3) is 0 Å². The van der Waals surface area contributed by atoms with Crippen LogP contribution >= 0.6 is 27.7 Å². The number of aryl methyl sites for hydroxylation is 1. The van der Waals surface area contributed by atoms with Crippen molar-refractivity contribution in [1.82, 2.24) is 0 Å². The lowest BCUT2D eigenvalue weighted by Crippen LogP contribution is -2.14. The van der Waals surface area contributed by atoms with E-state index >= 15 is 0 Å². The molecule has 0 saturated carbocycles. The van der Waals surface area contributed by atoms with E-state index in [2.05, 4.69) is 58.9 Å². The van der Waals surface area contributed by atoms with Crippen molar-refractivity contribution in [3.05, 3.63) is 35.4 Å². The van der Waals surface area contributed by atoms with Crippen molar-refractivity contribution in [2.24, 2.45) is 5.92 Å². The average molecular weight is 271 g/mol. The van der Waals surface area contributed by atoms with Crippen LogP contribution in [-0.4, -0.2) is 16.3 Å². The zero-order valence-corrected chi connectivity index (χ0v) is 10.8. The molecule has 2 rings (SSSR count). The van der Waals surface area contributed by atoms with E-state index in [9.17, 15) is 0 Å². The summed E-state index contributed by atoms with van der Waals surface area (Å²) in [6, 6.07) is 8.74. The first-order valence-corrected chi connectivity index (χ1v) is 7.10. The van der Waals surface area contributed by atoms with Crippen molar-refractivity contribution in [3.63, 3.8) is 0 Å². The predicted octanol–water partition coefficient (Wildman–Crippen LogP) is 3.66. The van der Waals surface area contributed by atoms with Gasteiger partial charge in [-0.15, -0.1) is 0 Å². The summed E-state index contributed by atoms with van der Waals surface area (Å²) in [7, 11) is 0. The molecule has 1 saturated heterocycles. The molecule has 0 aromatic heterocycles. The monoisotopic (exact) mass is 270 g/mol. The fraction of sp³-hybridized carbons (Fsp3) is 0.500. The van der Waals surface area contributed by atoms with Gasteiger partial charge in [-0.1, -0.05) is 40.2 Å². The number of benzene rings is 1. The highest BCUT2D eigenvalue weighted by atomic mass is 79.9. The minimum Gasteiger partial charge on any atom is -0.160 e. The molecule has 1 heterocycles. The topological polar surface area (TPSA) is 0 Å². The smallest absolute Gasteiger partial charge is 0.0275 e. The second kappa shape index (κ2) is 4.71. The summed E-state index contributed by atoms with van der Waals surface area (Å²) in [6.07, 6.45) is 1.23. The van der Waals surface area contributed by atoms with Crippen LogP contribution in [0.3, 0.4) is 0 Å². The van der Waals surface area contributed by atoms with Crippen LogP contribution in [0.15, 0.2) is 24.3 Å². The highest BCUT2D eigenvalue weighted by Crippen LogP contribution is 2.32. The lowest BCUT2D eigenvalue weighted by Gasteiger charge is -2.14. The van der Waals surface area contributed by atoms with Gasteiger partial charge in [-0.2, -0.15) is 11.8 Å². The minimum absolute atomic E-state index is 0.715. The first kappa shape index (κ1) is 10.6. The molecule has 0 N–H and O–H groups in total. The molecular weight excluding hydrogens is 256 g/mol. The molecule has 2 atom stereocenters. The van der Waals surface area contributed by atoms with Crippen LogP contribution in [0.25, 0.3) is 0 Å². The van der Waals surface area contributed by atoms with Crippen molar-refractivity contribution >= 4 is 27.7 Å². The normalized spacial score (nSPS) is 26.7. The number of hydrogen-bond acceptors (Lipinski definition) is 1. The van der Waals surface area contributed by atoms with Gasteiger partial charge >= 0.3 is 0 Å². The molecule has 1 aliphatic rings. The molecule has 1 aromatic carbocycles. The summed E-state index contributed by atoms with van der Waals surface area (Å²) in [6.45, 7) is 2.21. The van der Waals surface area contributed by atoms with Crippen molar-refractivity contribution in [2.45, 2.75) is 18.2 Å². The van der Waals surface area contributed by atoms with Crippen molar-refractivity contribution in [3.8, 4) is 0 Å². The minimum atomic E-state index is 0.715. The van der Waals surface area contributed by atoms with E-state index in [1.165, 1.54) is 29.1 Å². The number of rotatable bonds is 2. The van der Waals surface area contributed by atoms with Gasteiger partial charge < -0.3 is 0 Å². The Morgan fingerprint density at radius 2 is 2.14 bits per heavy atom. The molecule has 0 amide bonds. The Bertz CT molecular complexity index is 311. The fourth-order valence-electron chi connectivity index (χ4n) is 1.88. The van der Waals surface area contributed by atoms with E-state index in [0.29, 0.717) is 4.83 Å². The number of thioether (sulfide) groups is 1. The Morgan fingerprint density at radius 3 is 2.79 bits per heavy atom. The fourth-order valence-corrected chi connectivity index (χ4v) is 4.35. The summed E-state index contributed by atoms with van der Waals surface area (Å²) >= 11 is 5.83. The first-order chi connectivity index (χ1) is 6.77. The van der Waals surface area contributed by atoms with Crippen LogP contribution in [-0.2, 0) is 6.42 Å². The summed E-state index contributed by atoms with van der Waals surface area (Å²) in [5.74, 6) is 3.40. The largest absolute Gasteiger partial charge is 0.160 e. The lowest BCUT2D eigenvalue weighted by molar-refractivity contribution is 0.614. The molecule has 1 aliphatic heterocycles. The molecule has 2 unspecified atom stereocenters. The van der Waals surface area contributed by atoms with E-state index in [4.69, 9.17) is 0 Å². The van der Waals surface area contributed by atoms with Crippen LogP contribution in [0.4, 0.5) is 0 Å². The molecule has 0 spiro atoms. The maximum atomic E-state index is 3.77. The maximum Gasteiger partial charge on any atom is 0.0275 e. The molecular formula is C12H15BrS. The van der Waals surface area contributed by atoms with E-state index < -0.39 is 0 Å². The lowest BCUT2D eigenvalue weighted by atomic mass is 9.96. The third-order valence-corrected chi connectivity index (χ3v) is 5.62. The van der Waals surface area contributed by atoms with Gasteiger partial charge in [-0.05, 0) is 36.1 Å². The first-order valence-electron chi connectivity index (χ1n) is 5.03. The third-order valence-electron chi connectivity index (χ3n) is 2.86. The molecule has 1 aromatic rings. The molecule has 0 nitrogen and oxygen atoms in total. The molecule has 76 valence electrons. The van der Waals surface area contributed by atoms with Crippen LogP contribution in [0.5, 0.6) is 0 Å². The molecule has 1 fully saturated rings. The Labute approximate surface area is 98.6 Å². The number of hydrogen-bond donors (Lipinski definition) is 0. The Balaban J connectivity index is 2.07. The highest BCUT2D eigenvalue weighted by Gasteiger charge is 2.25. The van der Waals surface area contributed by atoms with Crippen LogP contribution in [0.1, 0.15) is 11.1 Å². The molecule has 0 bridgehead atoms. The summed E-state index contributed by atoms with van der Waals surface area (Å²) < 4.78 is 0. The number of halogens is 1. The second-order valence-corrected chi connectivity index (χ2v) is 6.20. The van der Waals surface area contributed by atoms with Crippen molar-refractivity contribution in [1.29, 1.82) is 0 Å². The van der Waals surface area contributed by atoms with Crippen LogP contribution < -0.4 is 0 Å². The third kappa shape index (κ3) is 2.34. The molecule has 2 heteroatoms. The van der Waals surface area contributed by atoms with E-state index in [1.54, 1.807) is 0 Å². The van der Waals surface area contributed by atoms with Gasteiger partial charge in [-0.3, -0.25) is 0 Å². The van der Waals surface area contributed by atoms with Gasteiger partial charge in [0.1, 0.15) is 0 Å². The van der Waals surface area contributed by atoms with E-state index in [-0.39, 0.29) is 0 Å². The summed E-state index contributed by atoms with van der Waals surface area (Å²) in [5, 5.41) is 0. The quantitative estimate of drug-likeness (QED) is 0.740. The Morgan fingerprint density at radius 1 is 1.36 bits per heavy atom. The predicted molar refractivity (Wildman–Crippen MR) is 68.4 cm³/mol. The van der Waals surface area contributed by atoms with Gasteiger partial charge in [0.15, 0.2) is 0 Å². The summed E-state index contributed by atoms with van der Waals surface area (Å²) in [5.41, 5.74) is 2.95. The van der Waals surface area contributed by atoms with Gasteiger partial charge in [0, 0.05) is 10.6 Å². The van der Waals surface area contributed by atoms with Crippen LogP contribution in [0.2, 0.25) is 0 Å². The van der Waals surface area contributed by atoms with Crippen molar-refractivity contribution < 1.29 is 0 Å². The molecule has 0 aliphatic carbocycles. The maximum absolute atomic E-state index is 3.77. The Hall–Kier alpha value is 0.0500. The highest BCUT2D eigenvalue weighted by molar-refractivity contribution is 9.09. The molecule has 0 radical (unpaired) electrons. The second-order valence-electron chi connectivity index (χ2n) is 3.94. The van der Waals surface area contributed by atoms with E-state index in [1.807, 2.05) is 0 Å². The van der Waals surface area contributed by atoms with Gasteiger partial charge in [0.05, 0.1) is 0 Å². The summed E-state index contributed by atoms with van der Waals surface area (Å²) in [4.78, 5) is 0.715.